The summed E-state index contributed by atoms with van der Waals surface area (Å²) in [7, 11) is 2.13. The second-order valence-electron chi connectivity index (χ2n) is 7.41. The summed E-state index contributed by atoms with van der Waals surface area (Å²) in [4.78, 5) is 13.9. The molecule has 2 heterocycles. The van der Waals surface area contributed by atoms with Crippen molar-refractivity contribution in [2.45, 2.75) is 43.4 Å². The van der Waals surface area contributed by atoms with Gasteiger partial charge in [-0.2, -0.15) is 0 Å². The zero-order valence-electron chi connectivity index (χ0n) is 14.8. The van der Waals surface area contributed by atoms with Crippen LogP contribution in [-0.2, 0) is 16.6 Å². The molecule has 2 aliphatic carbocycles. The molecule has 1 fully saturated rings. The van der Waals surface area contributed by atoms with Gasteiger partial charge in [-0.1, -0.05) is 18.2 Å². The standard InChI is InChI=1S/C19H21NO4/c1-10(21)23-15-6-3-11-9-13-12-4-5-14(22)18-19(12,7-8-20(13)2)16(11)17(15)24-18/h3-6,12-14,18,22H,7-9H2,1-2H3/t12-,13+,14-,18-,19-/m0/s1/i3T. The van der Waals surface area contributed by atoms with Gasteiger partial charge in [-0.05, 0) is 38.1 Å². The van der Waals surface area contributed by atoms with Crippen molar-refractivity contribution in [1.82, 2.24) is 4.90 Å². The Morgan fingerprint density at radius 1 is 1.54 bits per heavy atom. The van der Waals surface area contributed by atoms with Gasteiger partial charge in [0.05, 0.1) is 1.37 Å². The lowest BCUT2D eigenvalue weighted by atomic mass is 9.53. The molecule has 2 bridgehead atoms. The van der Waals surface area contributed by atoms with Crippen LogP contribution in [0.25, 0.3) is 0 Å². The van der Waals surface area contributed by atoms with Crippen LogP contribution in [0.1, 0.15) is 25.8 Å². The SMILES string of the molecule is [3H]c1cc(OC(C)=O)c2c3c1C[C@@H]1[C@@H]4C=C[C@H](O)[C@H](O2)[C@]34CCN1C. The van der Waals surface area contributed by atoms with Crippen molar-refractivity contribution in [3.05, 3.63) is 35.4 Å². The lowest BCUT2D eigenvalue weighted by Gasteiger charge is -2.56. The van der Waals surface area contributed by atoms with E-state index in [0.717, 1.165) is 30.5 Å². The molecule has 5 atom stereocenters. The third-order valence-corrected chi connectivity index (χ3v) is 6.29. The number of carbonyl (C=O) groups is 1. The predicted octanol–water partition coefficient (Wildman–Crippen LogP) is 1.42. The zero-order valence-corrected chi connectivity index (χ0v) is 13.8. The summed E-state index contributed by atoms with van der Waals surface area (Å²) < 4.78 is 20.1. The Hall–Kier alpha value is -1.85. The molecule has 1 aromatic rings. The third-order valence-electron chi connectivity index (χ3n) is 6.29. The Balaban J connectivity index is 1.80. The Morgan fingerprint density at radius 3 is 3.17 bits per heavy atom. The van der Waals surface area contributed by atoms with Gasteiger partial charge in [0.2, 0.25) is 0 Å². The molecule has 0 unspecified atom stereocenters. The van der Waals surface area contributed by atoms with E-state index in [1.54, 1.807) is 6.07 Å². The van der Waals surface area contributed by atoms with Gasteiger partial charge in [-0.15, -0.1) is 0 Å². The van der Waals surface area contributed by atoms with E-state index in [1.165, 1.54) is 6.92 Å². The van der Waals surface area contributed by atoms with Gasteiger partial charge in [-0.25, -0.2) is 0 Å². The Bertz CT molecular complexity index is 822. The first-order chi connectivity index (χ1) is 11.9. The fraction of sp³-hybridized carbons (Fsp3) is 0.526. The molecule has 4 aliphatic rings. The molecule has 5 rings (SSSR count). The van der Waals surface area contributed by atoms with Crippen molar-refractivity contribution in [3.63, 3.8) is 0 Å². The first-order valence-electron chi connectivity index (χ1n) is 9.02. The molecule has 2 aliphatic heterocycles. The van der Waals surface area contributed by atoms with Crippen molar-refractivity contribution in [2.75, 3.05) is 13.6 Å². The minimum atomic E-state index is -0.696. The fourth-order valence-corrected chi connectivity index (χ4v) is 5.36. The van der Waals surface area contributed by atoms with Crippen LogP contribution < -0.4 is 9.47 Å². The van der Waals surface area contributed by atoms with Crippen molar-refractivity contribution < 1.29 is 20.7 Å². The van der Waals surface area contributed by atoms with Crippen molar-refractivity contribution >= 4 is 5.97 Å². The third kappa shape index (κ3) is 1.59. The number of esters is 1. The molecule has 24 heavy (non-hydrogen) atoms. The molecule has 1 aromatic carbocycles. The summed E-state index contributed by atoms with van der Waals surface area (Å²) in [5.74, 6) is 0.671. The highest BCUT2D eigenvalue weighted by Crippen LogP contribution is 2.62. The molecular weight excluding hydrogens is 306 g/mol. The molecular formula is C19H21NO4. The van der Waals surface area contributed by atoms with Crippen molar-refractivity contribution in [1.29, 1.82) is 0 Å². The number of rotatable bonds is 1. The average molecular weight is 329 g/mol. The lowest BCUT2D eigenvalue weighted by molar-refractivity contribution is -0.132. The van der Waals surface area contributed by atoms with Crippen LogP contribution in [0.4, 0.5) is 0 Å². The summed E-state index contributed by atoms with van der Waals surface area (Å²) in [5, 5.41) is 10.6. The zero-order chi connectivity index (χ0) is 17.5. The molecule has 0 saturated carbocycles. The number of piperidine rings is 1. The topological polar surface area (TPSA) is 59.0 Å². The normalized spacial score (nSPS) is 39.0. The molecule has 0 radical (unpaired) electrons. The van der Waals surface area contributed by atoms with E-state index >= 15 is 0 Å². The average Bonchev–Trinajstić information content (AvgIpc) is 2.90. The van der Waals surface area contributed by atoms with E-state index < -0.39 is 12.1 Å². The van der Waals surface area contributed by atoms with E-state index in [4.69, 9.17) is 10.8 Å². The van der Waals surface area contributed by atoms with E-state index in [9.17, 15) is 9.90 Å². The second kappa shape index (κ2) is 4.61. The van der Waals surface area contributed by atoms with Crippen LogP contribution in [0, 0.1) is 5.92 Å². The molecule has 5 nitrogen and oxygen atoms in total. The number of hydrogen-bond donors (Lipinski definition) is 1. The first kappa shape index (κ1) is 13.4. The molecule has 1 N–H and O–H groups in total. The number of carbonyl (C=O) groups excluding carboxylic acids is 1. The number of aliphatic hydroxyl groups is 1. The maximum absolute atomic E-state index is 11.5. The number of aliphatic hydroxyl groups excluding tert-OH is 1. The number of likely N-dealkylation sites (N-methyl/N-ethyl adjacent to an activating group) is 1. The van der Waals surface area contributed by atoms with Gasteiger partial charge in [-0.3, -0.25) is 4.79 Å². The largest absolute Gasteiger partial charge is 0.482 e. The van der Waals surface area contributed by atoms with Gasteiger partial charge >= 0.3 is 5.97 Å². The Morgan fingerprint density at radius 2 is 2.38 bits per heavy atom. The molecule has 0 amide bonds. The Kier molecular flexibility index (Phi) is 2.58. The summed E-state index contributed by atoms with van der Waals surface area (Å²) in [6, 6.07) is 2.27. The minimum Gasteiger partial charge on any atom is -0.482 e. The highest BCUT2D eigenvalue weighted by molar-refractivity contribution is 5.72. The number of hydrogen-bond acceptors (Lipinski definition) is 5. The van der Waals surface area contributed by atoms with Crippen LogP contribution in [-0.4, -0.2) is 47.8 Å². The smallest absolute Gasteiger partial charge is 0.308 e. The van der Waals surface area contributed by atoms with Crippen LogP contribution in [0.3, 0.4) is 0 Å². The summed E-state index contributed by atoms with van der Waals surface area (Å²) in [6.07, 6.45) is 4.52. The highest BCUT2D eigenvalue weighted by atomic mass is 16.6. The number of likely N-dealkylation sites (tertiary alicyclic amines) is 1. The van der Waals surface area contributed by atoms with Gasteiger partial charge in [0.15, 0.2) is 11.5 Å². The predicted molar refractivity (Wildman–Crippen MR) is 87.2 cm³/mol. The monoisotopic (exact) mass is 329 g/mol. The van der Waals surface area contributed by atoms with E-state index in [2.05, 4.69) is 18.0 Å². The molecule has 126 valence electrons. The second-order valence-corrected chi connectivity index (χ2v) is 7.41. The first-order valence-corrected chi connectivity index (χ1v) is 8.52. The maximum Gasteiger partial charge on any atom is 0.308 e. The molecule has 0 aromatic heterocycles. The van der Waals surface area contributed by atoms with Gasteiger partial charge in [0.1, 0.15) is 12.2 Å². The van der Waals surface area contributed by atoms with Gasteiger partial charge in [0, 0.05) is 29.9 Å². The minimum absolute atomic E-state index is 0.236. The molecule has 1 spiro atoms. The van der Waals surface area contributed by atoms with Crippen molar-refractivity contribution in [3.8, 4) is 11.5 Å². The van der Waals surface area contributed by atoms with Crippen LogP contribution in [0.2, 0.25) is 0 Å². The van der Waals surface area contributed by atoms with E-state index in [-0.39, 0.29) is 17.4 Å². The quantitative estimate of drug-likeness (QED) is 0.480. The van der Waals surface area contributed by atoms with Crippen molar-refractivity contribution in [2.24, 2.45) is 5.92 Å². The molecule has 5 heteroatoms. The number of benzene rings is 1. The summed E-state index contributed by atoms with van der Waals surface area (Å²) in [6.45, 7) is 2.27. The van der Waals surface area contributed by atoms with Crippen LogP contribution in [0.5, 0.6) is 11.5 Å². The van der Waals surface area contributed by atoms with Gasteiger partial charge < -0.3 is 19.5 Å². The molecule has 1 saturated heterocycles. The summed E-state index contributed by atoms with van der Waals surface area (Å²) in [5.41, 5.74) is 1.64. The Labute approximate surface area is 142 Å². The lowest BCUT2D eigenvalue weighted by Crippen LogP contribution is -2.64. The van der Waals surface area contributed by atoms with E-state index in [1.807, 2.05) is 6.08 Å². The van der Waals surface area contributed by atoms with Crippen LogP contribution in [0.15, 0.2) is 24.3 Å². The highest BCUT2D eigenvalue weighted by Gasteiger charge is 2.64. The number of nitrogens with zero attached hydrogens (tertiary/aromatic N) is 1. The summed E-state index contributed by atoms with van der Waals surface area (Å²) >= 11 is 0. The van der Waals surface area contributed by atoms with E-state index in [0.29, 0.717) is 23.6 Å². The number of ether oxygens (including phenoxy) is 2. The fourth-order valence-electron chi connectivity index (χ4n) is 5.36. The van der Waals surface area contributed by atoms with Gasteiger partial charge in [0.25, 0.3) is 0 Å². The van der Waals surface area contributed by atoms with Crippen LogP contribution >= 0.6 is 0 Å². The maximum atomic E-state index is 11.5.